The van der Waals surface area contributed by atoms with Crippen molar-refractivity contribution in [2.24, 2.45) is 7.05 Å². The fraction of sp³-hybridized carbons (Fsp3) is 0.227. The van der Waals surface area contributed by atoms with Crippen LogP contribution in [0.5, 0.6) is 5.75 Å². The number of ether oxygens (including phenoxy) is 1. The number of aryl methyl sites for hydroxylation is 2. The monoisotopic (exact) mass is 405 g/mol. The molecule has 0 atom stereocenters. The molecule has 0 aliphatic carbocycles. The van der Waals surface area contributed by atoms with Crippen molar-refractivity contribution in [3.05, 3.63) is 72.3 Å². The topological polar surface area (TPSA) is 57.8 Å². The van der Waals surface area contributed by atoms with Crippen LogP contribution in [0, 0.1) is 6.92 Å². The van der Waals surface area contributed by atoms with Gasteiger partial charge in [0.2, 0.25) is 0 Å². The van der Waals surface area contributed by atoms with Crippen molar-refractivity contribution in [1.82, 2.24) is 24.3 Å². The van der Waals surface area contributed by atoms with Crippen molar-refractivity contribution in [3.8, 4) is 22.8 Å². The molecule has 2 heterocycles. The summed E-state index contributed by atoms with van der Waals surface area (Å²) in [5, 5.41) is 9.84. The summed E-state index contributed by atoms with van der Waals surface area (Å²) in [4.78, 5) is 4.41. The molecule has 0 bridgehead atoms. The molecule has 0 amide bonds. The Hall–Kier alpha value is -3.06. The van der Waals surface area contributed by atoms with Crippen LogP contribution in [0.4, 0.5) is 0 Å². The van der Waals surface area contributed by atoms with Gasteiger partial charge in [-0.15, -0.1) is 10.2 Å². The van der Waals surface area contributed by atoms with E-state index in [-0.39, 0.29) is 0 Å². The Morgan fingerprint density at radius 2 is 1.90 bits per heavy atom. The second kappa shape index (κ2) is 8.53. The summed E-state index contributed by atoms with van der Waals surface area (Å²) in [5.74, 6) is 3.38. The number of benzene rings is 2. The molecule has 148 valence electrons. The highest BCUT2D eigenvalue weighted by molar-refractivity contribution is 7.98. The van der Waals surface area contributed by atoms with Crippen LogP contribution in [0.3, 0.4) is 0 Å². The smallest absolute Gasteiger partial charge is 0.196 e. The van der Waals surface area contributed by atoms with Crippen molar-refractivity contribution in [3.63, 3.8) is 0 Å². The van der Waals surface area contributed by atoms with E-state index in [0.29, 0.717) is 12.4 Å². The van der Waals surface area contributed by atoms with Crippen molar-refractivity contribution in [2.45, 2.75) is 24.8 Å². The minimum Gasteiger partial charge on any atom is -0.494 e. The average molecular weight is 406 g/mol. The van der Waals surface area contributed by atoms with Crippen LogP contribution in [-0.4, -0.2) is 30.9 Å². The van der Waals surface area contributed by atoms with Crippen molar-refractivity contribution in [2.75, 3.05) is 6.61 Å². The SMILES string of the molecule is CCOc1ccc(-n2c(SCc3nccn3C)nnc2-c2cccc(C)c2)cc1. The Balaban J connectivity index is 1.74. The largest absolute Gasteiger partial charge is 0.494 e. The highest BCUT2D eigenvalue weighted by Gasteiger charge is 2.17. The predicted octanol–water partition coefficient (Wildman–Crippen LogP) is 4.67. The molecular weight excluding hydrogens is 382 g/mol. The standard InChI is InChI=1S/C22H23N5OS/c1-4-28-19-10-8-18(9-11-19)27-21(17-7-5-6-16(2)14-17)24-25-22(27)29-15-20-23-12-13-26(20)3/h5-14H,4,15H2,1-3H3. The Labute approximate surface area is 174 Å². The Morgan fingerprint density at radius 3 is 2.59 bits per heavy atom. The summed E-state index contributed by atoms with van der Waals surface area (Å²) in [6.45, 7) is 4.71. The zero-order chi connectivity index (χ0) is 20.2. The number of hydrogen-bond donors (Lipinski definition) is 0. The third kappa shape index (κ3) is 4.19. The highest BCUT2D eigenvalue weighted by Crippen LogP contribution is 2.30. The number of thioether (sulfide) groups is 1. The van der Waals surface area contributed by atoms with Crippen molar-refractivity contribution < 1.29 is 4.74 Å². The lowest BCUT2D eigenvalue weighted by Crippen LogP contribution is -2.01. The lowest BCUT2D eigenvalue weighted by atomic mass is 10.1. The Bertz CT molecular complexity index is 1100. The van der Waals surface area contributed by atoms with E-state index in [1.54, 1.807) is 11.8 Å². The van der Waals surface area contributed by atoms with Crippen LogP contribution >= 0.6 is 11.8 Å². The average Bonchev–Trinajstić information content (AvgIpc) is 3.33. The van der Waals surface area contributed by atoms with E-state index in [4.69, 9.17) is 4.74 Å². The lowest BCUT2D eigenvalue weighted by Gasteiger charge is -2.12. The Morgan fingerprint density at radius 1 is 1.07 bits per heavy atom. The first-order valence-corrected chi connectivity index (χ1v) is 10.5. The van der Waals surface area contributed by atoms with Crippen LogP contribution in [-0.2, 0) is 12.8 Å². The van der Waals surface area contributed by atoms with E-state index >= 15 is 0 Å². The summed E-state index contributed by atoms with van der Waals surface area (Å²) in [6.07, 6.45) is 3.76. The second-order valence-electron chi connectivity index (χ2n) is 6.68. The predicted molar refractivity (Wildman–Crippen MR) is 115 cm³/mol. The second-order valence-corrected chi connectivity index (χ2v) is 7.62. The van der Waals surface area contributed by atoms with Gasteiger partial charge in [-0.3, -0.25) is 4.57 Å². The van der Waals surface area contributed by atoms with Crippen LogP contribution in [0.15, 0.2) is 66.1 Å². The first kappa shape index (κ1) is 19.3. The molecule has 2 aromatic heterocycles. The molecule has 0 spiro atoms. The third-order valence-corrected chi connectivity index (χ3v) is 5.49. The lowest BCUT2D eigenvalue weighted by molar-refractivity contribution is 0.340. The molecule has 0 N–H and O–H groups in total. The number of aromatic nitrogens is 5. The molecule has 0 fully saturated rings. The molecule has 2 aromatic carbocycles. The van der Waals surface area contributed by atoms with Crippen molar-refractivity contribution >= 4 is 11.8 Å². The van der Waals surface area contributed by atoms with Gasteiger partial charge in [-0.2, -0.15) is 0 Å². The van der Waals surface area contributed by atoms with Gasteiger partial charge in [-0.05, 0) is 44.2 Å². The maximum Gasteiger partial charge on any atom is 0.196 e. The summed E-state index contributed by atoms with van der Waals surface area (Å²) in [7, 11) is 2.00. The molecular formula is C22H23N5OS. The molecule has 4 rings (SSSR count). The van der Waals surface area contributed by atoms with E-state index < -0.39 is 0 Å². The van der Waals surface area contributed by atoms with E-state index in [2.05, 4.69) is 44.9 Å². The van der Waals surface area contributed by atoms with E-state index in [9.17, 15) is 0 Å². The van der Waals surface area contributed by atoms with Crippen LogP contribution in [0.25, 0.3) is 17.1 Å². The minimum absolute atomic E-state index is 0.644. The molecule has 7 heteroatoms. The normalized spacial score (nSPS) is 11.0. The summed E-state index contributed by atoms with van der Waals surface area (Å²) < 4.78 is 9.71. The zero-order valence-electron chi connectivity index (χ0n) is 16.7. The van der Waals surface area contributed by atoms with Gasteiger partial charge in [0.1, 0.15) is 11.6 Å². The molecule has 0 saturated heterocycles. The number of nitrogens with zero attached hydrogens (tertiary/aromatic N) is 5. The minimum atomic E-state index is 0.644. The van der Waals surface area contributed by atoms with Gasteiger partial charge in [-0.25, -0.2) is 4.98 Å². The maximum atomic E-state index is 5.59. The molecule has 29 heavy (non-hydrogen) atoms. The van der Waals surface area contributed by atoms with Gasteiger partial charge in [0.05, 0.1) is 12.4 Å². The van der Waals surface area contributed by atoms with Gasteiger partial charge >= 0.3 is 0 Å². The summed E-state index contributed by atoms with van der Waals surface area (Å²) >= 11 is 1.62. The molecule has 0 saturated carbocycles. The number of rotatable bonds is 7. The van der Waals surface area contributed by atoms with Gasteiger partial charge < -0.3 is 9.30 Å². The molecule has 0 aliphatic heterocycles. The van der Waals surface area contributed by atoms with E-state index in [1.807, 2.05) is 61.3 Å². The first-order valence-electron chi connectivity index (χ1n) is 9.50. The van der Waals surface area contributed by atoms with E-state index in [1.165, 1.54) is 5.56 Å². The van der Waals surface area contributed by atoms with Gasteiger partial charge in [0.25, 0.3) is 0 Å². The third-order valence-electron chi connectivity index (χ3n) is 4.57. The molecule has 0 unspecified atom stereocenters. The number of hydrogen-bond acceptors (Lipinski definition) is 5. The molecule has 6 nitrogen and oxygen atoms in total. The summed E-state index contributed by atoms with van der Waals surface area (Å²) in [6, 6.07) is 16.4. The van der Waals surface area contributed by atoms with Crippen LogP contribution in [0.1, 0.15) is 18.3 Å². The summed E-state index contributed by atoms with van der Waals surface area (Å²) in [5.41, 5.74) is 3.22. The van der Waals surface area contributed by atoms with Gasteiger partial charge in [0, 0.05) is 30.7 Å². The molecule has 4 aromatic rings. The van der Waals surface area contributed by atoms with Gasteiger partial charge in [0.15, 0.2) is 11.0 Å². The maximum absolute atomic E-state index is 5.59. The van der Waals surface area contributed by atoms with E-state index in [0.717, 1.165) is 33.8 Å². The number of imidazole rings is 1. The van der Waals surface area contributed by atoms with Crippen molar-refractivity contribution in [1.29, 1.82) is 0 Å². The van der Waals surface area contributed by atoms with Gasteiger partial charge in [-0.1, -0.05) is 35.5 Å². The van der Waals surface area contributed by atoms with Crippen LogP contribution < -0.4 is 4.74 Å². The molecule has 0 aliphatic rings. The molecule has 0 radical (unpaired) electrons. The highest BCUT2D eigenvalue weighted by atomic mass is 32.2. The fourth-order valence-corrected chi connectivity index (χ4v) is 4.05. The quantitative estimate of drug-likeness (QED) is 0.418. The zero-order valence-corrected chi connectivity index (χ0v) is 17.6. The van der Waals surface area contributed by atoms with Crippen LogP contribution in [0.2, 0.25) is 0 Å². The fourth-order valence-electron chi connectivity index (χ4n) is 3.09. The Kier molecular flexibility index (Phi) is 5.67. The first-order chi connectivity index (χ1) is 14.2.